The maximum atomic E-state index is 15.4. The number of benzene rings is 1. The van der Waals surface area contributed by atoms with Crippen LogP contribution in [-0.4, -0.2) is 51.0 Å². The molecule has 3 heterocycles. The summed E-state index contributed by atoms with van der Waals surface area (Å²) >= 11 is 0. The Hall–Kier alpha value is -3.56. The summed E-state index contributed by atoms with van der Waals surface area (Å²) in [7, 11) is 3.58. The van der Waals surface area contributed by atoms with Gasteiger partial charge in [-0.05, 0) is 30.5 Å². The van der Waals surface area contributed by atoms with Crippen LogP contribution in [0.4, 0.5) is 20.3 Å². The lowest BCUT2D eigenvalue weighted by molar-refractivity contribution is -0.117. The van der Waals surface area contributed by atoms with E-state index in [1.807, 2.05) is 6.92 Å². The van der Waals surface area contributed by atoms with Gasteiger partial charge in [-0.2, -0.15) is 10.2 Å². The predicted molar refractivity (Wildman–Crippen MR) is 113 cm³/mol. The number of anilines is 2. The summed E-state index contributed by atoms with van der Waals surface area (Å²) in [4.78, 5) is 18.0. The van der Waals surface area contributed by atoms with Crippen molar-refractivity contribution in [1.29, 1.82) is 0 Å². The Labute approximate surface area is 176 Å². The van der Waals surface area contributed by atoms with E-state index in [2.05, 4.69) is 25.6 Å². The second kappa shape index (κ2) is 7.00. The van der Waals surface area contributed by atoms with Gasteiger partial charge in [-0.1, -0.05) is 6.92 Å². The molecule has 8 nitrogen and oxygen atoms in total. The van der Waals surface area contributed by atoms with E-state index in [1.54, 1.807) is 43.5 Å². The van der Waals surface area contributed by atoms with Crippen molar-refractivity contribution in [3.05, 3.63) is 35.9 Å². The molecule has 1 saturated carbocycles. The van der Waals surface area contributed by atoms with Gasteiger partial charge in [0.05, 0.1) is 35.2 Å². The van der Waals surface area contributed by atoms with Crippen LogP contribution in [0.2, 0.25) is 0 Å². The first-order valence-electron chi connectivity index (χ1n) is 10.1. The van der Waals surface area contributed by atoms with Gasteiger partial charge in [-0.25, -0.2) is 18.3 Å². The number of carbonyl (C=O) groups is 1. The predicted octanol–water partition coefficient (Wildman–Crippen LogP) is 3.34. The van der Waals surface area contributed by atoms with Crippen LogP contribution in [0.3, 0.4) is 0 Å². The highest BCUT2D eigenvalue weighted by molar-refractivity contribution is 6.02. The number of aromatic amines is 1. The van der Waals surface area contributed by atoms with Crippen molar-refractivity contribution in [3.63, 3.8) is 0 Å². The highest BCUT2D eigenvalue weighted by atomic mass is 19.1. The number of carbonyl (C=O) groups excluding carboxylic acids is 1. The molecule has 0 bridgehead atoms. The number of rotatable bonds is 5. The number of hydrogen-bond acceptors (Lipinski definition) is 5. The van der Waals surface area contributed by atoms with Crippen molar-refractivity contribution in [2.24, 2.45) is 5.92 Å². The fourth-order valence-electron chi connectivity index (χ4n) is 3.96. The fraction of sp³-hybridized carbons (Fsp3) is 0.333. The number of nitrogens with one attached hydrogen (secondary N) is 2. The van der Waals surface area contributed by atoms with Crippen molar-refractivity contribution in [1.82, 2.24) is 24.8 Å². The van der Waals surface area contributed by atoms with E-state index >= 15 is 4.39 Å². The molecule has 2 atom stereocenters. The van der Waals surface area contributed by atoms with Gasteiger partial charge in [0.1, 0.15) is 6.17 Å². The Morgan fingerprint density at radius 1 is 1.39 bits per heavy atom. The van der Waals surface area contributed by atoms with Crippen LogP contribution in [0.15, 0.2) is 24.5 Å². The van der Waals surface area contributed by atoms with E-state index in [1.165, 1.54) is 4.52 Å². The molecule has 1 fully saturated rings. The highest BCUT2D eigenvalue weighted by Crippen LogP contribution is 2.39. The number of H-pyrrole nitrogens is 1. The van der Waals surface area contributed by atoms with Gasteiger partial charge in [0, 0.05) is 25.0 Å². The van der Waals surface area contributed by atoms with Crippen LogP contribution in [0.25, 0.3) is 27.8 Å². The number of fused-ring (bicyclic) bond motifs is 2. The Kier molecular flexibility index (Phi) is 4.38. The van der Waals surface area contributed by atoms with Gasteiger partial charge >= 0.3 is 0 Å². The average molecular weight is 425 g/mol. The Bertz CT molecular complexity index is 1330. The molecule has 1 amide bonds. The van der Waals surface area contributed by atoms with Gasteiger partial charge in [-0.15, -0.1) is 0 Å². The van der Waals surface area contributed by atoms with E-state index in [-0.39, 0.29) is 18.1 Å². The molecule has 1 aliphatic rings. The zero-order valence-electron chi connectivity index (χ0n) is 17.3. The molecular weight excluding hydrogens is 404 g/mol. The lowest BCUT2D eigenvalue weighted by Crippen LogP contribution is -2.15. The van der Waals surface area contributed by atoms with Crippen LogP contribution in [-0.2, 0) is 11.2 Å². The third-order valence-corrected chi connectivity index (χ3v) is 5.60. The minimum Gasteiger partial charge on any atom is -0.374 e. The number of hydrogen-bond donors (Lipinski definition) is 2. The average Bonchev–Trinajstić information content (AvgIpc) is 3.11. The Morgan fingerprint density at radius 3 is 2.84 bits per heavy atom. The summed E-state index contributed by atoms with van der Waals surface area (Å²) < 4.78 is 30.1. The molecule has 1 aromatic carbocycles. The van der Waals surface area contributed by atoms with Gasteiger partial charge in [-0.3, -0.25) is 9.89 Å². The van der Waals surface area contributed by atoms with Crippen LogP contribution < -0.4 is 10.2 Å². The number of nitrogens with zero attached hydrogens (tertiary/aromatic N) is 5. The van der Waals surface area contributed by atoms with E-state index < -0.39 is 12.1 Å². The first-order chi connectivity index (χ1) is 14.9. The summed E-state index contributed by atoms with van der Waals surface area (Å²) in [6.45, 7) is 1.90. The van der Waals surface area contributed by atoms with Crippen LogP contribution in [0, 0.1) is 11.7 Å². The Balaban J connectivity index is 1.61. The molecule has 160 valence electrons. The summed E-state index contributed by atoms with van der Waals surface area (Å²) in [5.74, 6) is -1.00. The summed E-state index contributed by atoms with van der Waals surface area (Å²) in [6.07, 6.45) is 2.88. The summed E-state index contributed by atoms with van der Waals surface area (Å²) in [5.41, 5.74) is 3.32. The molecule has 5 rings (SSSR count). The maximum Gasteiger partial charge on any atom is 0.231 e. The first kappa shape index (κ1) is 19.4. The Morgan fingerprint density at radius 2 is 2.16 bits per heavy atom. The molecule has 3 aromatic heterocycles. The van der Waals surface area contributed by atoms with Crippen molar-refractivity contribution in [2.45, 2.75) is 25.9 Å². The lowest BCUT2D eigenvalue weighted by atomic mass is 9.96. The molecule has 0 radical (unpaired) electrons. The number of halogens is 2. The zero-order valence-corrected chi connectivity index (χ0v) is 17.3. The standard InChI is InChI=1S/C21H21F2N7O/c1-4-10-17(12-8-24-27-19(12)20(18(10)23)29(2)3)14-5-6-16-25-15(9-30(16)28-14)26-21(31)11-7-13(11)22/h5-6,8-9,11,13H,4,7H2,1-3H3,(H,24,27)(H,26,31)/t11-,13+/m1/s1. The molecule has 2 N–H and O–H groups in total. The molecular formula is C21H21F2N7O. The third kappa shape index (κ3) is 3.09. The molecule has 1 aliphatic carbocycles. The quantitative estimate of drug-likeness (QED) is 0.512. The van der Waals surface area contributed by atoms with Gasteiger partial charge in [0.15, 0.2) is 17.3 Å². The van der Waals surface area contributed by atoms with E-state index in [9.17, 15) is 9.18 Å². The molecule has 10 heteroatoms. The first-order valence-corrected chi connectivity index (χ1v) is 10.1. The van der Waals surface area contributed by atoms with Crippen molar-refractivity contribution in [2.75, 3.05) is 24.3 Å². The van der Waals surface area contributed by atoms with Gasteiger partial charge < -0.3 is 10.2 Å². The maximum absolute atomic E-state index is 15.4. The van der Waals surface area contributed by atoms with E-state index in [0.29, 0.717) is 45.9 Å². The second-order valence-electron chi connectivity index (χ2n) is 7.92. The van der Waals surface area contributed by atoms with Crippen molar-refractivity contribution >= 4 is 34.0 Å². The molecule has 31 heavy (non-hydrogen) atoms. The largest absolute Gasteiger partial charge is 0.374 e. The number of aromatic nitrogens is 5. The minimum absolute atomic E-state index is 0.247. The highest BCUT2D eigenvalue weighted by Gasteiger charge is 2.43. The number of imidazole rings is 1. The van der Waals surface area contributed by atoms with Crippen molar-refractivity contribution in [3.8, 4) is 11.3 Å². The summed E-state index contributed by atoms with van der Waals surface area (Å²) in [5, 5.41) is 15.0. The van der Waals surface area contributed by atoms with Gasteiger partial charge in [0.25, 0.3) is 0 Å². The lowest BCUT2D eigenvalue weighted by Gasteiger charge is -2.19. The minimum atomic E-state index is -1.08. The molecule has 0 unspecified atom stereocenters. The third-order valence-electron chi connectivity index (χ3n) is 5.60. The van der Waals surface area contributed by atoms with Crippen LogP contribution >= 0.6 is 0 Å². The topological polar surface area (TPSA) is 91.2 Å². The smallest absolute Gasteiger partial charge is 0.231 e. The van der Waals surface area contributed by atoms with Gasteiger partial charge in [0.2, 0.25) is 5.91 Å². The number of amides is 1. The molecule has 0 aliphatic heterocycles. The molecule has 4 aromatic rings. The van der Waals surface area contributed by atoms with E-state index in [0.717, 1.165) is 5.39 Å². The zero-order chi connectivity index (χ0) is 21.9. The fourth-order valence-corrected chi connectivity index (χ4v) is 3.96. The van der Waals surface area contributed by atoms with Crippen molar-refractivity contribution < 1.29 is 13.6 Å². The van der Waals surface area contributed by atoms with Crippen LogP contribution in [0.5, 0.6) is 0 Å². The van der Waals surface area contributed by atoms with E-state index in [4.69, 9.17) is 0 Å². The van der Waals surface area contributed by atoms with Crippen LogP contribution in [0.1, 0.15) is 18.9 Å². The number of alkyl halides is 1. The monoisotopic (exact) mass is 425 g/mol. The summed E-state index contributed by atoms with van der Waals surface area (Å²) in [6, 6.07) is 3.51. The second-order valence-corrected chi connectivity index (χ2v) is 7.92. The normalized spacial score (nSPS) is 18.0. The molecule has 0 spiro atoms. The molecule has 0 saturated heterocycles. The SMILES string of the molecule is CCc1c(F)c(N(C)C)c2[nH]ncc2c1-c1ccc2nc(NC(=O)[C@@H]3C[C@@H]3F)cn2n1.